The van der Waals surface area contributed by atoms with Gasteiger partial charge >= 0.3 is 0 Å². The van der Waals surface area contributed by atoms with Crippen LogP contribution in [0.3, 0.4) is 0 Å². The molecule has 116 valence electrons. The Kier molecular flexibility index (Phi) is 5.31. The molecule has 1 aliphatic rings. The zero-order valence-electron chi connectivity index (χ0n) is 12.6. The van der Waals surface area contributed by atoms with Crippen molar-refractivity contribution in [1.82, 2.24) is 4.90 Å². The van der Waals surface area contributed by atoms with Crippen LogP contribution in [0.25, 0.3) is 0 Å². The predicted octanol–water partition coefficient (Wildman–Crippen LogP) is 2.32. The molecule has 1 fully saturated rings. The molecule has 5 nitrogen and oxygen atoms in total. The summed E-state index contributed by atoms with van der Waals surface area (Å²) in [6.45, 7) is 6.25. The Morgan fingerprint density at radius 1 is 1.43 bits per heavy atom. The van der Waals surface area contributed by atoms with Gasteiger partial charge in [0.15, 0.2) is 0 Å². The average Bonchev–Trinajstić information content (AvgIpc) is 2.50. The number of benzene rings is 1. The van der Waals surface area contributed by atoms with Gasteiger partial charge in [0.1, 0.15) is 11.8 Å². The number of nitrogens with zero attached hydrogens (tertiary/aromatic N) is 1. The van der Waals surface area contributed by atoms with Crippen LogP contribution in [0.5, 0.6) is 5.75 Å². The number of morpholine rings is 1. The first-order valence-corrected chi connectivity index (χ1v) is 7.38. The van der Waals surface area contributed by atoms with Crippen molar-refractivity contribution in [2.24, 2.45) is 0 Å². The van der Waals surface area contributed by atoms with E-state index in [1.807, 2.05) is 24.8 Å². The molecule has 0 spiro atoms. The molecule has 1 N–H and O–H groups in total. The highest BCUT2D eigenvalue weighted by molar-refractivity contribution is 6.31. The topological polar surface area (TPSA) is 50.8 Å². The zero-order valence-corrected chi connectivity index (χ0v) is 13.4. The molecule has 0 aliphatic carbocycles. The van der Waals surface area contributed by atoms with Crippen LogP contribution in [0.1, 0.15) is 12.5 Å². The van der Waals surface area contributed by atoms with Crippen LogP contribution in [0.15, 0.2) is 12.1 Å². The van der Waals surface area contributed by atoms with E-state index in [4.69, 9.17) is 21.1 Å². The van der Waals surface area contributed by atoms with Gasteiger partial charge in [0.05, 0.1) is 26.0 Å². The van der Waals surface area contributed by atoms with Gasteiger partial charge in [0.25, 0.3) is 0 Å². The molecule has 1 amide bonds. The summed E-state index contributed by atoms with van der Waals surface area (Å²) >= 11 is 6.09. The third-order valence-electron chi connectivity index (χ3n) is 3.55. The Hall–Kier alpha value is -1.46. The minimum Gasteiger partial charge on any atom is -0.495 e. The van der Waals surface area contributed by atoms with E-state index in [1.165, 1.54) is 0 Å². The Bertz CT molecular complexity index is 516. The fourth-order valence-electron chi connectivity index (χ4n) is 2.30. The molecule has 6 heteroatoms. The molecule has 1 aromatic carbocycles. The van der Waals surface area contributed by atoms with Gasteiger partial charge in [-0.2, -0.15) is 0 Å². The van der Waals surface area contributed by atoms with E-state index in [2.05, 4.69) is 5.32 Å². The molecule has 1 saturated heterocycles. The highest BCUT2D eigenvalue weighted by Crippen LogP contribution is 2.31. The number of rotatable bonds is 4. The number of hydrogen-bond donors (Lipinski definition) is 1. The van der Waals surface area contributed by atoms with Crippen molar-refractivity contribution < 1.29 is 14.3 Å². The van der Waals surface area contributed by atoms with Crippen LogP contribution in [-0.2, 0) is 9.53 Å². The summed E-state index contributed by atoms with van der Waals surface area (Å²) in [6, 6.07) is 3.31. The summed E-state index contributed by atoms with van der Waals surface area (Å²) in [4.78, 5) is 14.2. The number of carbonyl (C=O) groups is 1. The van der Waals surface area contributed by atoms with Crippen LogP contribution in [-0.4, -0.2) is 50.3 Å². The lowest BCUT2D eigenvalue weighted by atomic mass is 10.1. The van der Waals surface area contributed by atoms with Crippen molar-refractivity contribution in [2.45, 2.75) is 19.9 Å². The number of nitrogens with one attached hydrogen (secondary N) is 1. The maximum atomic E-state index is 12.4. The van der Waals surface area contributed by atoms with E-state index < -0.39 is 0 Å². The zero-order chi connectivity index (χ0) is 15.4. The molecule has 0 aromatic heterocycles. The average molecular weight is 313 g/mol. The van der Waals surface area contributed by atoms with Crippen molar-refractivity contribution >= 4 is 23.2 Å². The highest BCUT2D eigenvalue weighted by Gasteiger charge is 2.23. The van der Waals surface area contributed by atoms with Gasteiger partial charge in [0, 0.05) is 24.2 Å². The van der Waals surface area contributed by atoms with Gasteiger partial charge < -0.3 is 19.7 Å². The smallest absolute Gasteiger partial charge is 0.244 e. The number of anilines is 1. The molecule has 0 bridgehead atoms. The largest absolute Gasteiger partial charge is 0.495 e. The van der Waals surface area contributed by atoms with Crippen molar-refractivity contribution in [2.75, 3.05) is 38.7 Å². The van der Waals surface area contributed by atoms with Gasteiger partial charge in [-0.25, -0.2) is 0 Å². The van der Waals surface area contributed by atoms with Gasteiger partial charge in [-0.15, -0.1) is 0 Å². The molecule has 1 aromatic rings. The second kappa shape index (κ2) is 7.00. The number of amides is 1. The normalized spacial score (nSPS) is 16.5. The van der Waals surface area contributed by atoms with Gasteiger partial charge in [-0.3, -0.25) is 4.79 Å². The molecule has 0 radical (unpaired) electrons. The van der Waals surface area contributed by atoms with Gasteiger partial charge in [0.2, 0.25) is 5.91 Å². The first-order valence-electron chi connectivity index (χ1n) is 7.00. The maximum absolute atomic E-state index is 12.4. The number of hydrogen-bond acceptors (Lipinski definition) is 4. The SMILES string of the molecule is COc1cc(Cl)c(C)cc1N[C@H](C)C(=O)N1CCOCC1. The monoisotopic (exact) mass is 312 g/mol. The first kappa shape index (κ1) is 15.9. The molecule has 2 rings (SSSR count). The standard InChI is InChI=1S/C15H21ClN2O3/c1-10-8-13(14(20-3)9-12(10)16)17-11(2)15(19)18-4-6-21-7-5-18/h8-9,11,17H,4-7H2,1-3H3/t11-/m1/s1. The van der Waals surface area contributed by atoms with E-state index in [9.17, 15) is 4.79 Å². The van der Waals surface area contributed by atoms with Crippen molar-refractivity contribution in [1.29, 1.82) is 0 Å². The summed E-state index contributed by atoms with van der Waals surface area (Å²) in [6.07, 6.45) is 0. The molecule has 21 heavy (non-hydrogen) atoms. The van der Waals surface area contributed by atoms with Crippen LogP contribution in [0.4, 0.5) is 5.69 Å². The summed E-state index contributed by atoms with van der Waals surface area (Å²) < 4.78 is 10.6. The molecule has 1 heterocycles. The minimum absolute atomic E-state index is 0.0629. The number of halogens is 1. The fraction of sp³-hybridized carbons (Fsp3) is 0.533. The molecular weight excluding hydrogens is 292 g/mol. The lowest BCUT2D eigenvalue weighted by molar-refractivity contribution is -0.135. The third-order valence-corrected chi connectivity index (χ3v) is 3.95. The number of aryl methyl sites for hydroxylation is 1. The Morgan fingerprint density at radius 3 is 2.71 bits per heavy atom. The van der Waals surface area contributed by atoms with E-state index in [1.54, 1.807) is 13.2 Å². The Balaban J connectivity index is 2.09. The number of ether oxygens (including phenoxy) is 2. The summed E-state index contributed by atoms with van der Waals surface area (Å²) in [5.74, 6) is 0.695. The second-order valence-electron chi connectivity index (χ2n) is 5.11. The van der Waals surface area contributed by atoms with Crippen LogP contribution < -0.4 is 10.1 Å². The lowest BCUT2D eigenvalue weighted by Gasteiger charge is -2.30. The maximum Gasteiger partial charge on any atom is 0.244 e. The molecular formula is C15H21ClN2O3. The van der Waals surface area contributed by atoms with Crippen molar-refractivity contribution in [3.8, 4) is 5.75 Å². The molecule has 0 saturated carbocycles. The number of methoxy groups -OCH3 is 1. The highest BCUT2D eigenvalue weighted by atomic mass is 35.5. The lowest BCUT2D eigenvalue weighted by Crippen LogP contribution is -2.47. The predicted molar refractivity (Wildman–Crippen MR) is 83.2 cm³/mol. The van der Waals surface area contributed by atoms with Gasteiger partial charge in [-0.05, 0) is 25.5 Å². The fourth-order valence-corrected chi connectivity index (χ4v) is 2.45. The van der Waals surface area contributed by atoms with Crippen LogP contribution in [0.2, 0.25) is 5.02 Å². The van der Waals surface area contributed by atoms with Crippen LogP contribution in [0, 0.1) is 6.92 Å². The quantitative estimate of drug-likeness (QED) is 0.927. The summed E-state index contributed by atoms with van der Waals surface area (Å²) in [5.41, 5.74) is 1.71. The van der Waals surface area contributed by atoms with Crippen molar-refractivity contribution in [3.63, 3.8) is 0 Å². The van der Waals surface area contributed by atoms with Crippen molar-refractivity contribution in [3.05, 3.63) is 22.7 Å². The number of carbonyl (C=O) groups excluding carboxylic acids is 1. The van der Waals surface area contributed by atoms with E-state index in [0.29, 0.717) is 37.1 Å². The second-order valence-corrected chi connectivity index (χ2v) is 5.51. The Labute approximate surface area is 130 Å². The van der Waals surface area contributed by atoms with Gasteiger partial charge in [-0.1, -0.05) is 11.6 Å². The first-order chi connectivity index (χ1) is 10.0. The molecule has 1 atom stereocenters. The summed E-state index contributed by atoms with van der Waals surface area (Å²) in [5, 5.41) is 3.85. The van der Waals surface area contributed by atoms with E-state index in [-0.39, 0.29) is 11.9 Å². The summed E-state index contributed by atoms with van der Waals surface area (Å²) in [7, 11) is 1.58. The molecule has 0 unspecified atom stereocenters. The minimum atomic E-state index is -0.336. The van der Waals surface area contributed by atoms with Crippen LogP contribution >= 0.6 is 11.6 Å². The Morgan fingerprint density at radius 2 is 2.10 bits per heavy atom. The third kappa shape index (κ3) is 3.80. The van der Waals surface area contributed by atoms with E-state index >= 15 is 0 Å². The molecule has 1 aliphatic heterocycles. The van der Waals surface area contributed by atoms with E-state index in [0.717, 1.165) is 11.3 Å².